The molecule has 0 bridgehead atoms. The predicted octanol–water partition coefficient (Wildman–Crippen LogP) is 2.92. The molecule has 0 aromatic carbocycles. The average Bonchev–Trinajstić information content (AvgIpc) is 2.65. The van der Waals surface area contributed by atoms with Gasteiger partial charge >= 0.3 is 0 Å². The second-order valence-electron chi connectivity index (χ2n) is 5.44. The van der Waals surface area contributed by atoms with E-state index in [4.69, 9.17) is 0 Å². The molecule has 1 N–H and O–H groups in total. The van der Waals surface area contributed by atoms with Gasteiger partial charge in [0, 0.05) is 25.7 Å². The van der Waals surface area contributed by atoms with E-state index in [-0.39, 0.29) is 0 Å². The van der Waals surface area contributed by atoms with E-state index in [9.17, 15) is 0 Å². The minimum Gasteiger partial charge on any atom is -0.370 e. The zero-order chi connectivity index (χ0) is 12.8. The van der Waals surface area contributed by atoms with Gasteiger partial charge in [0.25, 0.3) is 0 Å². The van der Waals surface area contributed by atoms with Crippen LogP contribution in [0.4, 0.5) is 11.6 Å². The second-order valence-corrected chi connectivity index (χ2v) is 5.44. The van der Waals surface area contributed by atoms with E-state index in [2.05, 4.69) is 40.1 Å². The molecule has 4 nitrogen and oxygen atoms in total. The van der Waals surface area contributed by atoms with Crippen LogP contribution in [-0.4, -0.2) is 29.6 Å². The van der Waals surface area contributed by atoms with Crippen LogP contribution in [0.15, 0.2) is 12.4 Å². The molecule has 1 aliphatic heterocycles. The lowest BCUT2D eigenvalue weighted by Gasteiger charge is -2.21. The Morgan fingerprint density at radius 2 is 1.89 bits per heavy atom. The molecule has 0 radical (unpaired) electrons. The van der Waals surface area contributed by atoms with Crippen LogP contribution in [0.25, 0.3) is 0 Å². The van der Waals surface area contributed by atoms with Crippen LogP contribution in [0.5, 0.6) is 0 Å². The summed E-state index contributed by atoms with van der Waals surface area (Å²) in [6.07, 6.45) is 6.92. The van der Waals surface area contributed by atoms with E-state index in [0.717, 1.165) is 31.3 Å². The normalized spacial score (nSPS) is 16.7. The zero-order valence-corrected chi connectivity index (χ0v) is 11.5. The maximum absolute atomic E-state index is 4.41. The van der Waals surface area contributed by atoms with Crippen molar-refractivity contribution in [3.63, 3.8) is 0 Å². The van der Waals surface area contributed by atoms with Crippen molar-refractivity contribution in [3.05, 3.63) is 12.4 Å². The van der Waals surface area contributed by atoms with Crippen molar-refractivity contribution in [1.82, 2.24) is 9.97 Å². The van der Waals surface area contributed by atoms with Gasteiger partial charge in [-0.25, -0.2) is 9.97 Å². The maximum Gasteiger partial charge on any atom is 0.134 e. The lowest BCUT2D eigenvalue weighted by atomic mass is 10.2. The Balaban J connectivity index is 2.01. The molecule has 0 aliphatic carbocycles. The van der Waals surface area contributed by atoms with E-state index < -0.39 is 0 Å². The number of aromatic nitrogens is 2. The van der Waals surface area contributed by atoms with Crippen molar-refractivity contribution >= 4 is 11.6 Å². The van der Waals surface area contributed by atoms with E-state index in [1.54, 1.807) is 6.33 Å². The SMILES string of the molecule is CC(C)CNc1cc(N2CCCCCC2)ncn1. The molecule has 1 saturated heterocycles. The monoisotopic (exact) mass is 248 g/mol. The van der Waals surface area contributed by atoms with Gasteiger partial charge in [-0.05, 0) is 18.8 Å². The van der Waals surface area contributed by atoms with Gasteiger partial charge in [-0.1, -0.05) is 26.7 Å². The third-order valence-corrected chi connectivity index (χ3v) is 3.27. The summed E-state index contributed by atoms with van der Waals surface area (Å²) in [7, 11) is 0. The fraction of sp³-hybridized carbons (Fsp3) is 0.714. The van der Waals surface area contributed by atoms with Gasteiger partial charge in [0.2, 0.25) is 0 Å². The molecular formula is C14H24N4. The van der Waals surface area contributed by atoms with Crippen LogP contribution in [0.3, 0.4) is 0 Å². The fourth-order valence-corrected chi connectivity index (χ4v) is 2.23. The van der Waals surface area contributed by atoms with Crippen LogP contribution < -0.4 is 10.2 Å². The third-order valence-electron chi connectivity index (χ3n) is 3.27. The number of nitrogens with one attached hydrogen (secondary N) is 1. The van der Waals surface area contributed by atoms with Crippen molar-refractivity contribution in [1.29, 1.82) is 0 Å². The first-order valence-electron chi connectivity index (χ1n) is 7.06. The van der Waals surface area contributed by atoms with Crippen molar-refractivity contribution in [2.75, 3.05) is 29.9 Å². The highest BCUT2D eigenvalue weighted by atomic mass is 15.2. The van der Waals surface area contributed by atoms with Crippen LogP contribution >= 0.6 is 0 Å². The molecule has 1 aliphatic rings. The lowest BCUT2D eigenvalue weighted by molar-refractivity contribution is 0.686. The Kier molecular flexibility index (Phi) is 4.79. The van der Waals surface area contributed by atoms with Crippen LogP contribution in [0.1, 0.15) is 39.5 Å². The third kappa shape index (κ3) is 3.86. The molecule has 1 aromatic heterocycles. The highest BCUT2D eigenvalue weighted by molar-refractivity contribution is 5.48. The first-order chi connectivity index (χ1) is 8.75. The second kappa shape index (κ2) is 6.57. The molecule has 100 valence electrons. The molecule has 18 heavy (non-hydrogen) atoms. The van der Waals surface area contributed by atoms with Crippen molar-refractivity contribution in [2.24, 2.45) is 5.92 Å². The van der Waals surface area contributed by atoms with Crippen molar-refractivity contribution < 1.29 is 0 Å². The Bertz CT molecular complexity index is 357. The van der Waals surface area contributed by atoms with E-state index >= 15 is 0 Å². The molecule has 0 saturated carbocycles. The van der Waals surface area contributed by atoms with E-state index in [1.807, 2.05) is 0 Å². The summed E-state index contributed by atoms with van der Waals surface area (Å²) in [5.74, 6) is 2.64. The van der Waals surface area contributed by atoms with Gasteiger partial charge in [0.05, 0.1) is 0 Å². The molecule has 0 amide bonds. The number of nitrogens with zero attached hydrogens (tertiary/aromatic N) is 3. The van der Waals surface area contributed by atoms with Gasteiger partial charge in [0.1, 0.15) is 18.0 Å². The van der Waals surface area contributed by atoms with Gasteiger partial charge in [-0.15, -0.1) is 0 Å². The first-order valence-corrected chi connectivity index (χ1v) is 7.06. The Morgan fingerprint density at radius 3 is 2.56 bits per heavy atom. The summed E-state index contributed by atoms with van der Waals surface area (Å²) in [6.45, 7) is 7.60. The first kappa shape index (κ1) is 13.1. The number of hydrogen-bond acceptors (Lipinski definition) is 4. The highest BCUT2D eigenvalue weighted by Crippen LogP contribution is 2.18. The molecule has 0 atom stereocenters. The average molecular weight is 248 g/mol. The fourth-order valence-electron chi connectivity index (χ4n) is 2.23. The van der Waals surface area contributed by atoms with Gasteiger partial charge in [0.15, 0.2) is 0 Å². The van der Waals surface area contributed by atoms with E-state index in [1.165, 1.54) is 25.7 Å². The standard InChI is InChI=1S/C14H24N4/c1-12(2)10-15-13-9-14(17-11-16-13)18-7-5-3-4-6-8-18/h9,11-12H,3-8,10H2,1-2H3,(H,15,16,17). The van der Waals surface area contributed by atoms with Gasteiger partial charge in [-0.3, -0.25) is 0 Å². The van der Waals surface area contributed by atoms with E-state index in [0.29, 0.717) is 5.92 Å². The molecule has 0 unspecified atom stereocenters. The number of anilines is 2. The highest BCUT2D eigenvalue weighted by Gasteiger charge is 2.11. The minimum atomic E-state index is 0.626. The molecule has 2 heterocycles. The molecular weight excluding hydrogens is 224 g/mol. The summed E-state index contributed by atoms with van der Waals surface area (Å²) in [4.78, 5) is 11.1. The minimum absolute atomic E-state index is 0.626. The predicted molar refractivity (Wildman–Crippen MR) is 76.0 cm³/mol. The van der Waals surface area contributed by atoms with Crippen molar-refractivity contribution in [2.45, 2.75) is 39.5 Å². The zero-order valence-electron chi connectivity index (χ0n) is 11.5. The lowest BCUT2D eigenvalue weighted by Crippen LogP contribution is -2.25. The quantitative estimate of drug-likeness (QED) is 0.889. The topological polar surface area (TPSA) is 41.0 Å². The number of hydrogen-bond donors (Lipinski definition) is 1. The summed E-state index contributed by atoms with van der Waals surface area (Å²) >= 11 is 0. The summed E-state index contributed by atoms with van der Waals surface area (Å²) < 4.78 is 0. The van der Waals surface area contributed by atoms with Crippen LogP contribution in [-0.2, 0) is 0 Å². The van der Waals surface area contributed by atoms with Crippen molar-refractivity contribution in [3.8, 4) is 0 Å². The summed E-state index contributed by atoms with van der Waals surface area (Å²) in [6, 6.07) is 2.08. The molecule has 4 heteroatoms. The Hall–Kier alpha value is -1.32. The molecule has 1 fully saturated rings. The van der Waals surface area contributed by atoms with Gasteiger partial charge < -0.3 is 10.2 Å². The largest absolute Gasteiger partial charge is 0.370 e. The van der Waals surface area contributed by atoms with Crippen LogP contribution in [0, 0.1) is 5.92 Å². The molecule has 0 spiro atoms. The Labute approximate surface area is 110 Å². The Morgan fingerprint density at radius 1 is 1.17 bits per heavy atom. The maximum atomic E-state index is 4.41. The molecule has 2 rings (SSSR count). The number of rotatable bonds is 4. The summed E-state index contributed by atoms with van der Waals surface area (Å²) in [5, 5.41) is 3.36. The van der Waals surface area contributed by atoms with Gasteiger partial charge in [-0.2, -0.15) is 0 Å². The van der Waals surface area contributed by atoms with Crippen LogP contribution in [0.2, 0.25) is 0 Å². The summed E-state index contributed by atoms with van der Waals surface area (Å²) in [5.41, 5.74) is 0. The molecule has 1 aromatic rings. The smallest absolute Gasteiger partial charge is 0.134 e.